The summed E-state index contributed by atoms with van der Waals surface area (Å²) < 4.78 is 5.33. The van der Waals surface area contributed by atoms with Gasteiger partial charge in [-0.3, -0.25) is 0 Å². The molecule has 3 rings (SSSR count). The fourth-order valence-electron chi connectivity index (χ4n) is 4.16. The number of aromatic nitrogens is 2. The van der Waals surface area contributed by atoms with Crippen molar-refractivity contribution < 1.29 is 4.74 Å². The molecule has 24 heavy (non-hydrogen) atoms. The van der Waals surface area contributed by atoms with Crippen molar-refractivity contribution in [1.82, 2.24) is 15.3 Å². The average molecular weight is 332 g/mol. The summed E-state index contributed by atoms with van der Waals surface area (Å²) in [4.78, 5) is 11.9. The van der Waals surface area contributed by atoms with Crippen LogP contribution >= 0.6 is 0 Å². The molecule has 0 radical (unpaired) electrons. The summed E-state index contributed by atoms with van der Waals surface area (Å²) >= 11 is 0. The Morgan fingerprint density at radius 3 is 2.58 bits per heavy atom. The Hall–Kier alpha value is -1.20. The van der Waals surface area contributed by atoms with E-state index in [4.69, 9.17) is 14.7 Å². The molecule has 2 saturated heterocycles. The summed E-state index contributed by atoms with van der Waals surface area (Å²) in [5.41, 5.74) is 1.24. The molecule has 0 aliphatic carbocycles. The van der Waals surface area contributed by atoms with Crippen LogP contribution in [0, 0.1) is 18.8 Å². The fraction of sp³-hybridized carbons (Fsp3) is 0.789. The largest absolute Gasteiger partial charge is 0.384 e. The van der Waals surface area contributed by atoms with Gasteiger partial charge in [0.1, 0.15) is 11.6 Å². The molecule has 0 bridgehead atoms. The van der Waals surface area contributed by atoms with Crippen molar-refractivity contribution >= 4 is 5.82 Å². The van der Waals surface area contributed by atoms with E-state index in [1.807, 2.05) is 6.92 Å². The van der Waals surface area contributed by atoms with Gasteiger partial charge in [-0.05, 0) is 57.5 Å². The van der Waals surface area contributed by atoms with Crippen LogP contribution in [0.1, 0.15) is 50.0 Å². The number of methoxy groups -OCH3 is 1. The third-order valence-corrected chi connectivity index (χ3v) is 5.70. The Kier molecular flexibility index (Phi) is 6.06. The summed E-state index contributed by atoms with van der Waals surface area (Å²) in [6, 6.07) is 2.25. The van der Waals surface area contributed by atoms with Crippen molar-refractivity contribution in [3.63, 3.8) is 0 Å². The number of aryl methyl sites for hydroxylation is 1. The smallest absolute Gasteiger partial charge is 0.132 e. The van der Waals surface area contributed by atoms with Crippen molar-refractivity contribution in [2.45, 2.75) is 45.4 Å². The van der Waals surface area contributed by atoms with E-state index in [2.05, 4.69) is 23.2 Å². The van der Waals surface area contributed by atoms with E-state index in [1.165, 1.54) is 31.4 Å². The van der Waals surface area contributed by atoms with Gasteiger partial charge in [0.15, 0.2) is 0 Å². The van der Waals surface area contributed by atoms with Gasteiger partial charge in [0.05, 0.1) is 0 Å². The van der Waals surface area contributed by atoms with Gasteiger partial charge in [-0.15, -0.1) is 0 Å². The van der Waals surface area contributed by atoms with E-state index in [0.29, 0.717) is 11.8 Å². The molecule has 1 atom stereocenters. The van der Waals surface area contributed by atoms with Crippen molar-refractivity contribution in [3.05, 3.63) is 17.6 Å². The molecule has 0 amide bonds. The zero-order valence-electron chi connectivity index (χ0n) is 15.4. The summed E-state index contributed by atoms with van der Waals surface area (Å²) in [5, 5.41) is 3.44. The molecule has 5 nitrogen and oxygen atoms in total. The number of nitrogens with one attached hydrogen (secondary N) is 1. The monoisotopic (exact) mass is 332 g/mol. The molecule has 2 aliphatic rings. The third kappa shape index (κ3) is 4.25. The highest BCUT2D eigenvalue weighted by atomic mass is 16.5. The number of anilines is 1. The van der Waals surface area contributed by atoms with Crippen molar-refractivity contribution in [1.29, 1.82) is 0 Å². The van der Waals surface area contributed by atoms with Gasteiger partial charge in [0.25, 0.3) is 0 Å². The zero-order chi connectivity index (χ0) is 16.9. The average Bonchev–Trinajstić information content (AvgIpc) is 2.62. The maximum Gasteiger partial charge on any atom is 0.132 e. The predicted molar refractivity (Wildman–Crippen MR) is 97.6 cm³/mol. The lowest BCUT2D eigenvalue weighted by Crippen LogP contribution is -2.37. The van der Waals surface area contributed by atoms with Crippen molar-refractivity contribution in [2.24, 2.45) is 11.8 Å². The summed E-state index contributed by atoms with van der Waals surface area (Å²) in [6.45, 7) is 9.62. The molecule has 0 aromatic carbocycles. The molecule has 2 aliphatic heterocycles. The standard InChI is InChI=1S/C19H32N4O/c1-14(13-24-3)16-6-10-23(11-7-16)19-12-18(21-15(2)22-19)17-4-8-20-9-5-17/h12,14,16-17,20H,4-11,13H2,1-3H3/t14-/m1/s1. The molecule has 1 aromatic rings. The van der Waals surface area contributed by atoms with E-state index >= 15 is 0 Å². The quantitative estimate of drug-likeness (QED) is 0.898. The highest BCUT2D eigenvalue weighted by molar-refractivity contribution is 5.41. The highest BCUT2D eigenvalue weighted by Gasteiger charge is 2.25. The number of hydrogen-bond acceptors (Lipinski definition) is 5. The number of rotatable bonds is 5. The lowest BCUT2D eigenvalue weighted by Gasteiger charge is -2.35. The Morgan fingerprint density at radius 1 is 1.21 bits per heavy atom. The first-order valence-electron chi connectivity index (χ1n) is 9.47. The van der Waals surface area contributed by atoms with Crippen LogP contribution in [-0.2, 0) is 4.74 Å². The molecule has 2 fully saturated rings. The molecule has 0 unspecified atom stereocenters. The van der Waals surface area contributed by atoms with Gasteiger partial charge < -0.3 is 15.0 Å². The molecular formula is C19H32N4O. The first-order chi connectivity index (χ1) is 11.7. The summed E-state index contributed by atoms with van der Waals surface area (Å²) in [7, 11) is 1.80. The van der Waals surface area contributed by atoms with E-state index in [1.54, 1.807) is 7.11 Å². The van der Waals surface area contributed by atoms with Crippen LogP contribution in [0.3, 0.4) is 0 Å². The van der Waals surface area contributed by atoms with Gasteiger partial charge in [0.2, 0.25) is 0 Å². The highest BCUT2D eigenvalue weighted by Crippen LogP contribution is 2.30. The Bertz CT molecular complexity index is 522. The Morgan fingerprint density at radius 2 is 1.92 bits per heavy atom. The van der Waals surface area contributed by atoms with Gasteiger partial charge >= 0.3 is 0 Å². The number of hydrogen-bond donors (Lipinski definition) is 1. The molecule has 134 valence electrons. The second kappa shape index (κ2) is 8.26. The van der Waals surface area contributed by atoms with Crippen LogP contribution in [0.5, 0.6) is 0 Å². The van der Waals surface area contributed by atoms with Gasteiger partial charge in [-0.1, -0.05) is 6.92 Å². The lowest BCUT2D eigenvalue weighted by atomic mass is 9.86. The van der Waals surface area contributed by atoms with Crippen LogP contribution in [0.25, 0.3) is 0 Å². The molecule has 1 N–H and O–H groups in total. The molecule has 0 saturated carbocycles. The summed E-state index contributed by atoms with van der Waals surface area (Å²) in [5.74, 6) is 4.05. The van der Waals surface area contributed by atoms with Crippen molar-refractivity contribution in [3.8, 4) is 0 Å². The zero-order valence-corrected chi connectivity index (χ0v) is 15.4. The Balaban J connectivity index is 1.66. The fourth-order valence-corrected chi connectivity index (χ4v) is 4.16. The predicted octanol–water partition coefficient (Wildman–Crippen LogP) is 2.75. The van der Waals surface area contributed by atoms with Crippen LogP contribution in [-0.4, -0.2) is 49.9 Å². The lowest BCUT2D eigenvalue weighted by molar-refractivity contribution is 0.120. The van der Waals surface area contributed by atoms with Gasteiger partial charge in [0, 0.05) is 44.5 Å². The van der Waals surface area contributed by atoms with Crippen LogP contribution in [0.4, 0.5) is 5.82 Å². The van der Waals surface area contributed by atoms with Crippen LogP contribution in [0.2, 0.25) is 0 Å². The third-order valence-electron chi connectivity index (χ3n) is 5.70. The second-order valence-corrected chi connectivity index (χ2v) is 7.48. The normalized spacial score (nSPS) is 21.9. The minimum absolute atomic E-state index is 0.589. The topological polar surface area (TPSA) is 50.3 Å². The molecule has 3 heterocycles. The summed E-state index contributed by atoms with van der Waals surface area (Å²) in [6.07, 6.45) is 4.84. The second-order valence-electron chi connectivity index (χ2n) is 7.48. The van der Waals surface area contributed by atoms with E-state index in [0.717, 1.165) is 50.3 Å². The molecule has 0 spiro atoms. The molecular weight excluding hydrogens is 300 g/mol. The van der Waals surface area contributed by atoms with Gasteiger partial charge in [-0.25, -0.2) is 9.97 Å². The van der Waals surface area contributed by atoms with Gasteiger partial charge in [-0.2, -0.15) is 0 Å². The van der Waals surface area contributed by atoms with E-state index in [-0.39, 0.29) is 0 Å². The Labute approximate surface area is 146 Å². The van der Waals surface area contributed by atoms with Crippen molar-refractivity contribution in [2.75, 3.05) is 44.8 Å². The number of ether oxygens (including phenoxy) is 1. The van der Waals surface area contributed by atoms with E-state index in [9.17, 15) is 0 Å². The molecule has 1 aromatic heterocycles. The SMILES string of the molecule is COC[C@@H](C)C1CCN(c2cc(C3CCNCC3)nc(C)n2)CC1. The number of nitrogens with zero attached hydrogens (tertiary/aromatic N) is 3. The van der Waals surface area contributed by atoms with Crippen LogP contribution in [0.15, 0.2) is 6.07 Å². The maximum absolute atomic E-state index is 5.33. The minimum Gasteiger partial charge on any atom is -0.384 e. The van der Waals surface area contributed by atoms with E-state index < -0.39 is 0 Å². The minimum atomic E-state index is 0.589. The first kappa shape index (κ1) is 17.6. The number of piperidine rings is 2. The maximum atomic E-state index is 5.33. The first-order valence-corrected chi connectivity index (χ1v) is 9.47. The van der Waals surface area contributed by atoms with Crippen LogP contribution < -0.4 is 10.2 Å². The molecule has 5 heteroatoms.